The third kappa shape index (κ3) is 2.08. The number of Topliss-reactive ketones (excluding diaryl/α,β-unsaturated/α-hetero) is 1. The Hall–Kier alpha value is -1.12. The van der Waals surface area contributed by atoms with Gasteiger partial charge in [0.05, 0.1) is 5.57 Å². The van der Waals surface area contributed by atoms with E-state index in [4.69, 9.17) is 5.73 Å². The number of carbonyl (C=O) groups is 1. The zero-order valence-electron chi connectivity index (χ0n) is 5.64. The number of ketones is 1. The van der Waals surface area contributed by atoms with Gasteiger partial charge in [0, 0.05) is 7.05 Å². The van der Waals surface area contributed by atoms with Gasteiger partial charge in [-0.2, -0.15) is 0 Å². The first-order valence-electron chi connectivity index (χ1n) is 2.52. The summed E-state index contributed by atoms with van der Waals surface area (Å²) in [4.78, 5) is 14.1. The van der Waals surface area contributed by atoms with Crippen LogP contribution in [0.2, 0.25) is 0 Å². The van der Waals surface area contributed by atoms with Crippen LogP contribution in [0.5, 0.6) is 0 Å². The molecule has 0 aliphatic carbocycles. The molecule has 3 heteroatoms. The average Bonchev–Trinajstić information content (AvgIpc) is 1.84. The predicted octanol–water partition coefficient (Wildman–Crippen LogP) is 0.119. The van der Waals surface area contributed by atoms with E-state index in [9.17, 15) is 4.79 Å². The lowest BCUT2D eigenvalue weighted by Gasteiger charge is -1.96. The highest BCUT2D eigenvalue weighted by atomic mass is 16.1. The molecule has 2 N–H and O–H groups in total. The van der Waals surface area contributed by atoms with E-state index in [1.165, 1.54) is 14.0 Å². The molecule has 0 aliphatic rings. The van der Waals surface area contributed by atoms with E-state index < -0.39 is 0 Å². The summed E-state index contributed by atoms with van der Waals surface area (Å²) in [5.41, 5.74) is 5.52. The summed E-state index contributed by atoms with van der Waals surface area (Å²) in [5, 5.41) is 0. The van der Waals surface area contributed by atoms with Gasteiger partial charge in [0.25, 0.3) is 0 Å². The van der Waals surface area contributed by atoms with E-state index in [-0.39, 0.29) is 17.2 Å². The highest BCUT2D eigenvalue weighted by molar-refractivity contribution is 6.19. The zero-order chi connectivity index (χ0) is 7.44. The van der Waals surface area contributed by atoms with Gasteiger partial charge in [0.2, 0.25) is 0 Å². The molecule has 0 heterocycles. The van der Waals surface area contributed by atoms with Gasteiger partial charge >= 0.3 is 0 Å². The summed E-state index contributed by atoms with van der Waals surface area (Å²) in [6, 6.07) is 0. The van der Waals surface area contributed by atoms with Crippen LogP contribution < -0.4 is 5.73 Å². The quantitative estimate of drug-likeness (QED) is 0.324. The molecule has 0 aromatic rings. The topological polar surface area (TPSA) is 55.5 Å². The second-order valence-electron chi connectivity index (χ2n) is 1.64. The van der Waals surface area contributed by atoms with Crippen molar-refractivity contribution >= 4 is 11.6 Å². The van der Waals surface area contributed by atoms with E-state index in [1.807, 2.05) is 0 Å². The molecule has 0 amide bonds. The smallest absolute Gasteiger partial charge is 0.162 e. The van der Waals surface area contributed by atoms with Gasteiger partial charge in [0.15, 0.2) is 5.78 Å². The molecule has 0 saturated heterocycles. The maximum atomic E-state index is 10.5. The van der Waals surface area contributed by atoms with Crippen LogP contribution in [0.1, 0.15) is 6.92 Å². The van der Waals surface area contributed by atoms with Crippen LogP contribution in [0.4, 0.5) is 0 Å². The zero-order valence-corrected chi connectivity index (χ0v) is 5.64. The van der Waals surface area contributed by atoms with Gasteiger partial charge in [-0.3, -0.25) is 9.79 Å². The summed E-state index contributed by atoms with van der Waals surface area (Å²) >= 11 is 0. The average molecular weight is 126 g/mol. The number of rotatable bonds is 2. The lowest BCUT2D eigenvalue weighted by Crippen LogP contribution is -2.18. The van der Waals surface area contributed by atoms with E-state index in [0.717, 1.165) is 0 Å². The molecule has 0 aliphatic heterocycles. The molecule has 0 saturated carbocycles. The minimum Gasteiger partial charge on any atom is -0.383 e. The molecule has 0 bridgehead atoms. The lowest BCUT2D eigenvalue weighted by molar-refractivity contribution is -0.113. The number of nitrogens with two attached hydrogens (primary N) is 1. The van der Waals surface area contributed by atoms with Gasteiger partial charge in [-0.15, -0.1) is 0 Å². The van der Waals surface area contributed by atoms with Gasteiger partial charge < -0.3 is 5.73 Å². The Morgan fingerprint density at radius 3 is 2.22 bits per heavy atom. The summed E-state index contributed by atoms with van der Waals surface area (Å²) in [6.07, 6.45) is 0. The molecule has 0 aromatic carbocycles. The monoisotopic (exact) mass is 126 g/mol. The minimum absolute atomic E-state index is 0.141. The molecule has 0 aromatic heterocycles. The number of aliphatic imine (C=N–C) groups is 1. The maximum absolute atomic E-state index is 10.5. The predicted molar refractivity (Wildman–Crippen MR) is 37.4 cm³/mol. The van der Waals surface area contributed by atoms with Crippen molar-refractivity contribution in [3.63, 3.8) is 0 Å². The molecule has 0 spiro atoms. The van der Waals surface area contributed by atoms with E-state index in [1.54, 1.807) is 0 Å². The van der Waals surface area contributed by atoms with Crippen molar-refractivity contribution in [2.75, 3.05) is 7.05 Å². The highest BCUT2D eigenvalue weighted by Crippen LogP contribution is 1.89. The molecular formula is C6H10N2O. The van der Waals surface area contributed by atoms with Crippen molar-refractivity contribution in [1.29, 1.82) is 0 Å². The van der Waals surface area contributed by atoms with Crippen molar-refractivity contribution in [1.82, 2.24) is 0 Å². The summed E-state index contributed by atoms with van der Waals surface area (Å²) < 4.78 is 0. The number of amidine groups is 1. The van der Waals surface area contributed by atoms with Crippen LogP contribution in [-0.4, -0.2) is 18.7 Å². The Bertz CT molecular complexity index is 170. The van der Waals surface area contributed by atoms with Crippen molar-refractivity contribution < 1.29 is 4.79 Å². The summed E-state index contributed by atoms with van der Waals surface area (Å²) in [5.74, 6) is 0.0700. The lowest BCUT2D eigenvalue weighted by atomic mass is 10.2. The Morgan fingerprint density at radius 1 is 1.67 bits per heavy atom. The number of nitrogens with zero attached hydrogens (tertiary/aromatic N) is 1. The van der Waals surface area contributed by atoms with Crippen LogP contribution in [0, 0.1) is 0 Å². The van der Waals surface area contributed by atoms with Crippen molar-refractivity contribution in [3.05, 3.63) is 12.2 Å². The molecule has 0 fully saturated rings. The molecule has 0 rings (SSSR count). The molecular weight excluding hydrogens is 116 g/mol. The van der Waals surface area contributed by atoms with Crippen molar-refractivity contribution in [3.8, 4) is 0 Å². The first-order valence-corrected chi connectivity index (χ1v) is 2.52. The number of hydrogen-bond donors (Lipinski definition) is 1. The molecule has 9 heavy (non-hydrogen) atoms. The first-order chi connectivity index (χ1) is 4.09. The normalized spacial score (nSPS) is 11.1. The minimum atomic E-state index is -0.141. The van der Waals surface area contributed by atoms with Gasteiger partial charge in [-0.1, -0.05) is 6.58 Å². The van der Waals surface area contributed by atoms with E-state index in [0.29, 0.717) is 0 Å². The van der Waals surface area contributed by atoms with Crippen LogP contribution in [0.3, 0.4) is 0 Å². The van der Waals surface area contributed by atoms with Crippen LogP contribution in [-0.2, 0) is 4.79 Å². The van der Waals surface area contributed by atoms with Crippen molar-refractivity contribution in [2.45, 2.75) is 6.92 Å². The van der Waals surface area contributed by atoms with Gasteiger partial charge in [0.1, 0.15) is 5.84 Å². The Morgan fingerprint density at radius 2 is 2.11 bits per heavy atom. The SMILES string of the molecule is C=C(C(C)=O)C(N)=NC. The van der Waals surface area contributed by atoms with Crippen LogP contribution >= 0.6 is 0 Å². The second kappa shape index (κ2) is 3.02. The van der Waals surface area contributed by atoms with E-state index in [2.05, 4.69) is 11.6 Å². The molecule has 0 atom stereocenters. The van der Waals surface area contributed by atoms with Crippen LogP contribution in [0.15, 0.2) is 17.1 Å². The summed E-state index contributed by atoms with van der Waals surface area (Å²) in [7, 11) is 1.52. The maximum Gasteiger partial charge on any atom is 0.162 e. The Labute approximate surface area is 54.3 Å². The highest BCUT2D eigenvalue weighted by Gasteiger charge is 2.02. The number of carbonyl (C=O) groups excluding carboxylic acids is 1. The summed E-state index contributed by atoms with van der Waals surface area (Å²) in [6.45, 7) is 4.82. The first kappa shape index (κ1) is 7.88. The molecule has 0 radical (unpaired) electrons. The Kier molecular flexibility index (Phi) is 2.64. The van der Waals surface area contributed by atoms with E-state index >= 15 is 0 Å². The molecule has 50 valence electrons. The second-order valence-corrected chi connectivity index (χ2v) is 1.64. The third-order valence-electron chi connectivity index (χ3n) is 0.975. The third-order valence-corrected chi connectivity index (χ3v) is 0.975. The fraction of sp³-hybridized carbons (Fsp3) is 0.333. The van der Waals surface area contributed by atoms with Crippen molar-refractivity contribution in [2.24, 2.45) is 10.7 Å². The fourth-order valence-electron chi connectivity index (χ4n) is 0.315. The largest absolute Gasteiger partial charge is 0.383 e. The van der Waals surface area contributed by atoms with Gasteiger partial charge in [-0.05, 0) is 6.92 Å². The Balaban J connectivity index is 4.23. The fourth-order valence-corrected chi connectivity index (χ4v) is 0.315. The standard InChI is InChI=1S/C6H10N2O/c1-4(5(2)9)6(7)8-3/h1H2,2-3H3,(H2,7,8). The van der Waals surface area contributed by atoms with Crippen LogP contribution in [0.25, 0.3) is 0 Å². The van der Waals surface area contributed by atoms with Gasteiger partial charge in [-0.25, -0.2) is 0 Å². The molecule has 0 unspecified atom stereocenters. The molecule has 3 nitrogen and oxygen atoms in total. The number of hydrogen-bond acceptors (Lipinski definition) is 2.